The summed E-state index contributed by atoms with van der Waals surface area (Å²) < 4.78 is 27.3. The van der Waals surface area contributed by atoms with E-state index in [0.717, 1.165) is 6.07 Å². The second kappa shape index (κ2) is 2.00. The quantitative estimate of drug-likeness (QED) is 0.627. The van der Waals surface area contributed by atoms with Crippen LogP contribution in [0.25, 0.3) is 0 Å². The topological polar surface area (TPSA) is 52.0 Å². The Morgan fingerprint density at radius 2 is 2.33 bits per heavy atom. The van der Waals surface area contributed by atoms with Crippen LogP contribution in [-0.2, 0) is 0 Å². The van der Waals surface area contributed by atoms with Crippen LogP contribution >= 0.6 is 0 Å². The summed E-state index contributed by atoms with van der Waals surface area (Å²) in [5.74, 6) is -0.516. The predicted molar refractivity (Wildman–Crippen MR) is 25.9 cm³/mol. The van der Waals surface area contributed by atoms with Crippen LogP contribution in [0.1, 0.15) is 12.2 Å². The van der Waals surface area contributed by atoms with Crippen molar-refractivity contribution in [3.8, 4) is 0 Å². The van der Waals surface area contributed by atoms with Crippen molar-refractivity contribution in [2.75, 3.05) is 5.73 Å². The minimum Gasteiger partial charge on any atom is -0.381 e. The predicted octanol–water partition coefficient (Wildman–Crippen LogP) is 1.19. The molecular formula is C4H4F2N2O. The minimum atomic E-state index is -2.63. The highest BCUT2D eigenvalue weighted by Gasteiger charge is 2.11. The monoisotopic (exact) mass is 134 g/mol. The van der Waals surface area contributed by atoms with E-state index in [9.17, 15) is 8.78 Å². The number of hydrogen-bond donors (Lipinski definition) is 1. The zero-order chi connectivity index (χ0) is 6.85. The summed E-state index contributed by atoms with van der Waals surface area (Å²) in [6.45, 7) is 0. The van der Waals surface area contributed by atoms with Gasteiger partial charge >= 0.3 is 0 Å². The van der Waals surface area contributed by atoms with Gasteiger partial charge in [-0.25, -0.2) is 8.78 Å². The second-order valence-corrected chi connectivity index (χ2v) is 1.45. The fraction of sp³-hybridized carbons (Fsp3) is 0.250. The molecule has 1 heterocycles. The number of nitrogens with zero attached hydrogens (tertiary/aromatic N) is 1. The molecule has 0 radical (unpaired) electrons. The van der Waals surface area contributed by atoms with E-state index in [2.05, 4.69) is 9.68 Å². The van der Waals surface area contributed by atoms with Gasteiger partial charge in [0.15, 0.2) is 5.82 Å². The first kappa shape index (κ1) is 6.00. The Hall–Kier alpha value is -1.13. The highest BCUT2D eigenvalue weighted by Crippen LogP contribution is 2.19. The molecule has 1 aromatic rings. The summed E-state index contributed by atoms with van der Waals surface area (Å²) in [7, 11) is 0. The summed E-state index contributed by atoms with van der Waals surface area (Å²) in [6, 6.07) is 0.991. The van der Waals surface area contributed by atoms with E-state index in [0.29, 0.717) is 0 Å². The van der Waals surface area contributed by atoms with Crippen molar-refractivity contribution < 1.29 is 13.3 Å². The molecular weight excluding hydrogens is 130 g/mol. The van der Waals surface area contributed by atoms with Crippen LogP contribution in [0.3, 0.4) is 0 Å². The van der Waals surface area contributed by atoms with E-state index in [4.69, 9.17) is 5.73 Å². The van der Waals surface area contributed by atoms with Gasteiger partial charge < -0.3 is 10.3 Å². The first-order valence-corrected chi connectivity index (χ1v) is 2.20. The van der Waals surface area contributed by atoms with Crippen molar-refractivity contribution in [2.24, 2.45) is 0 Å². The molecule has 0 unspecified atom stereocenters. The van der Waals surface area contributed by atoms with Crippen molar-refractivity contribution >= 4 is 5.82 Å². The summed E-state index contributed by atoms with van der Waals surface area (Å²) >= 11 is 0. The normalized spacial score (nSPS) is 10.6. The van der Waals surface area contributed by atoms with E-state index in [1.165, 1.54) is 0 Å². The number of halogens is 2. The van der Waals surface area contributed by atoms with Gasteiger partial charge in [-0.15, -0.1) is 0 Å². The maximum Gasteiger partial charge on any atom is 0.298 e. The molecule has 50 valence electrons. The SMILES string of the molecule is Nc1cc(C(F)F)on1. The molecule has 0 fully saturated rings. The first-order chi connectivity index (χ1) is 4.20. The van der Waals surface area contributed by atoms with E-state index < -0.39 is 12.2 Å². The average Bonchev–Trinajstić information content (AvgIpc) is 2.14. The molecule has 0 aliphatic carbocycles. The van der Waals surface area contributed by atoms with Gasteiger partial charge in [0, 0.05) is 6.07 Å². The zero-order valence-electron chi connectivity index (χ0n) is 4.34. The Balaban J connectivity index is 2.85. The molecule has 0 aromatic carbocycles. The van der Waals surface area contributed by atoms with Crippen molar-refractivity contribution in [1.82, 2.24) is 5.16 Å². The molecule has 2 N–H and O–H groups in total. The number of aromatic nitrogens is 1. The van der Waals surface area contributed by atoms with Crippen LogP contribution in [0.2, 0.25) is 0 Å². The third-order valence-electron chi connectivity index (χ3n) is 0.762. The Morgan fingerprint density at radius 1 is 1.67 bits per heavy atom. The highest BCUT2D eigenvalue weighted by atomic mass is 19.3. The van der Waals surface area contributed by atoms with Crippen molar-refractivity contribution in [1.29, 1.82) is 0 Å². The van der Waals surface area contributed by atoms with Gasteiger partial charge in [0.1, 0.15) is 0 Å². The lowest BCUT2D eigenvalue weighted by molar-refractivity contribution is 0.112. The van der Waals surface area contributed by atoms with Crippen LogP contribution < -0.4 is 5.73 Å². The number of nitrogens with two attached hydrogens (primary N) is 1. The molecule has 1 rings (SSSR count). The van der Waals surface area contributed by atoms with Gasteiger partial charge in [0.25, 0.3) is 6.43 Å². The van der Waals surface area contributed by atoms with Gasteiger partial charge in [-0.2, -0.15) is 0 Å². The third-order valence-corrected chi connectivity index (χ3v) is 0.762. The Labute approximate surface area is 49.4 Å². The lowest BCUT2D eigenvalue weighted by Crippen LogP contribution is -1.80. The average molecular weight is 134 g/mol. The molecule has 0 bridgehead atoms. The zero-order valence-corrected chi connectivity index (χ0v) is 4.34. The van der Waals surface area contributed by atoms with Gasteiger partial charge in [0.2, 0.25) is 5.76 Å². The number of nitrogen functional groups attached to an aromatic ring is 1. The molecule has 9 heavy (non-hydrogen) atoms. The van der Waals surface area contributed by atoms with E-state index in [-0.39, 0.29) is 5.82 Å². The van der Waals surface area contributed by atoms with Crippen LogP contribution in [-0.4, -0.2) is 5.16 Å². The summed E-state index contributed by atoms with van der Waals surface area (Å²) in [6.07, 6.45) is -2.63. The highest BCUT2D eigenvalue weighted by molar-refractivity contribution is 5.26. The molecule has 0 saturated carbocycles. The molecule has 1 aromatic heterocycles. The third kappa shape index (κ3) is 1.16. The molecule has 0 spiro atoms. The lowest BCUT2D eigenvalue weighted by Gasteiger charge is -1.84. The summed E-state index contributed by atoms with van der Waals surface area (Å²) in [4.78, 5) is 0. The van der Waals surface area contributed by atoms with E-state index in [1.54, 1.807) is 0 Å². The fourth-order valence-corrected chi connectivity index (χ4v) is 0.407. The van der Waals surface area contributed by atoms with Crippen molar-refractivity contribution in [3.05, 3.63) is 11.8 Å². The van der Waals surface area contributed by atoms with Gasteiger partial charge in [-0.3, -0.25) is 0 Å². The molecule has 0 aliphatic rings. The van der Waals surface area contributed by atoms with Crippen LogP contribution in [0.5, 0.6) is 0 Å². The molecule has 3 nitrogen and oxygen atoms in total. The number of anilines is 1. The van der Waals surface area contributed by atoms with Crippen LogP contribution in [0.15, 0.2) is 10.6 Å². The maximum absolute atomic E-state index is 11.6. The van der Waals surface area contributed by atoms with Crippen LogP contribution in [0, 0.1) is 0 Å². The molecule has 0 amide bonds. The van der Waals surface area contributed by atoms with E-state index in [1.807, 2.05) is 0 Å². The Kier molecular flexibility index (Phi) is 1.33. The van der Waals surface area contributed by atoms with Gasteiger partial charge in [-0.05, 0) is 0 Å². The fourth-order valence-electron chi connectivity index (χ4n) is 0.407. The van der Waals surface area contributed by atoms with Crippen LogP contribution in [0.4, 0.5) is 14.6 Å². The largest absolute Gasteiger partial charge is 0.381 e. The number of alkyl halides is 2. The maximum atomic E-state index is 11.6. The number of rotatable bonds is 1. The van der Waals surface area contributed by atoms with Crippen molar-refractivity contribution in [2.45, 2.75) is 6.43 Å². The molecule has 0 saturated heterocycles. The van der Waals surface area contributed by atoms with Crippen molar-refractivity contribution in [3.63, 3.8) is 0 Å². The lowest BCUT2D eigenvalue weighted by atomic mass is 10.5. The van der Waals surface area contributed by atoms with Gasteiger partial charge in [0.05, 0.1) is 0 Å². The summed E-state index contributed by atoms with van der Waals surface area (Å²) in [5.41, 5.74) is 4.98. The standard InChI is InChI=1S/C4H4F2N2O/c5-4(6)2-1-3(7)8-9-2/h1,4H,(H2,7,8). The smallest absolute Gasteiger partial charge is 0.298 e. The molecule has 0 atom stereocenters. The molecule has 5 heteroatoms. The minimum absolute atomic E-state index is 0.0229. The Morgan fingerprint density at radius 3 is 2.56 bits per heavy atom. The Bertz CT molecular complexity index is 198. The number of hydrogen-bond acceptors (Lipinski definition) is 3. The molecule has 0 aliphatic heterocycles. The first-order valence-electron chi connectivity index (χ1n) is 2.20. The van der Waals surface area contributed by atoms with E-state index >= 15 is 0 Å². The van der Waals surface area contributed by atoms with Gasteiger partial charge in [-0.1, -0.05) is 5.16 Å². The summed E-state index contributed by atoms with van der Waals surface area (Å²) in [5, 5.41) is 3.06. The second-order valence-electron chi connectivity index (χ2n) is 1.45.